The Morgan fingerprint density at radius 2 is 1.57 bits per heavy atom. The molecule has 3 nitrogen and oxygen atoms in total. The van der Waals surface area contributed by atoms with Crippen molar-refractivity contribution in [1.29, 1.82) is 0 Å². The number of fused-ring (bicyclic) bond motifs is 1. The van der Waals surface area contributed by atoms with Gasteiger partial charge in [0.2, 0.25) is 5.91 Å². The first kappa shape index (κ1) is 15.3. The third-order valence-corrected chi connectivity index (χ3v) is 5.76. The highest BCUT2D eigenvalue weighted by Gasteiger charge is 2.52. The fourth-order valence-electron chi connectivity index (χ4n) is 5.08. The first-order valence-electron chi connectivity index (χ1n) is 8.39. The number of carbonyl (C=O) groups excluding carboxylic acids is 1. The summed E-state index contributed by atoms with van der Waals surface area (Å²) in [5.41, 5.74) is -0.237. The summed E-state index contributed by atoms with van der Waals surface area (Å²) in [5.74, 6) is 2.50. The van der Waals surface area contributed by atoms with Gasteiger partial charge in [-0.05, 0) is 82.8 Å². The molecule has 0 aliphatic heterocycles. The third-order valence-electron chi connectivity index (χ3n) is 5.55. The molecular weight excluding hydrogens is 280 g/mol. The second-order valence-electron chi connectivity index (χ2n) is 8.70. The van der Waals surface area contributed by atoms with E-state index in [0.29, 0.717) is 5.11 Å². The van der Waals surface area contributed by atoms with E-state index in [4.69, 9.17) is 12.2 Å². The number of carbonyl (C=O) groups is 1. The number of amides is 1. The Morgan fingerprint density at radius 3 is 2.10 bits per heavy atom. The molecule has 0 aromatic heterocycles. The molecule has 0 aromatic carbocycles. The molecule has 0 spiro atoms. The van der Waals surface area contributed by atoms with Gasteiger partial charge in [-0.2, -0.15) is 0 Å². The van der Waals surface area contributed by atoms with Gasteiger partial charge in [0.15, 0.2) is 5.11 Å². The van der Waals surface area contributed by atoms with Crippen LogP contribution >= 0.6 is 12.2 Å². The zero-order valence-electron chi connectivity index (χ0n) is 13.5. The number of thiocarbonyl (C=S) groups is 1. The van der Waals surface area contributed by atoms with Gasteiger partial charge in [0, 0.05) is 5.54 Å². The molecule has 1 amide bonds. The zero-order valence-corrected chi connectivity index (χ0v) is 14.3. The van der Waals surface area contributed by atoms with Gasteiger partial charge in [0.25, 0.3) is 0 Å². The minimum absolute atomic E-state index is 0.108. The summed E-state index contributed by atoms with van der Waals surface area (Å²) < 4.78 is 0. The Bertz CT molecular complexity index is 438. The van der Waals surface area contributed by atoms with Gasteiger partial charge < -0.3 is 10.6 Å². The Morgan fingerprint density at radius 1 is 1.05 bits per heavy atom. The van der Waals surface area contributed by atoms with Crippen molar-refractivity contribution in [2.45, 2.75) is 71.3 Å². The van der Waals surface area contributed by atoms with Crippen LogP contribution < -0.4 is 10.6 Å². The minimum Gasteiger partial charge on any atom is -0.358 e. The summed E-state index contributed by atoms with van der Waals surface area (Å²) in [4.78, 5) is 12.9. The molecule has 4 fully saturated rings. The molecule has 4 aliphatic carbocycles. The highest BCUT2D eigenvalue weighted by Crippen LogP contribution is 2.57. The van der Waals surface area contributed by atoms with Gasteiger partial charge in [-0.3, -0.25) is 4.79 Å². The van der Waals surface area contributed by atoms with Crippen molar-refractivity contribution in [3.8, 4) is 0 Å². The fourth-order valence-corrected chi connectivity index (χ4v) is 5.48. The van der Waals surface area contributed by atoms with E-state index in [9.17, 15) is 4.79 Å². The monoisotopic (exact) mass is 308 g/mol. The number of nitrogens with one attached hydrogen (secondary N) is 2. The van der Waals surface area contributed by atoms with Crippen molar-refractivity contribution in [2.24, 2.45) is 23.2 Å². The minimum atomic E-state index is -0.128. The fraction of sp³-hybridized carbons (Fsp3) is 0.882. The second-order valence-corrected chi connectivity index (χ2v) is 9.11. The first-order chi connectivity index (χ1) is 9.76. The molecule has 118 valence electrons. The van der Waals surface area contributed by atoms with Crippen LogP contribution in [0.25, 0.3) is 0 Å². The van der Waals surface area contributed by atoms with Crippen LogP contribution in [0.5, 0.6) is 0 Å². The van der Waals surface area contributed by atoms with Crippen LogP contribution in [0, 0.1) is 23.2 Å². The summed E-state index contributed by atoms with van der Waals surface area (Å²) >= 11 is 5.32. The SMILES string of the molecule is CC(C)(C)NC(=S)NC(=O)C12CC3C[C@@H](CC[C@@H](C3)C1)C2. The number of hydrogen-bond acceptors (Lipinski definition) is 2. The normalized spacial score (nSPS) is 38.0. The standard InChI is InChI=1S/C17H28N2OS/c1-16(2,3)19-15(21)18-14(20)17-8-11-4-5-12(9-17)7-13(6-11)10-17/h11-13H,4-10H2,1-3H3,(H2,18,19,20,21)/t11-,12+,13?,17?. The maximum atomic E-state index is 12.9. The van der Waals surface area contributed by atoms with E-state index in [2.05, 4.69) is 31.4 Å². The summed E-state index contributed by atoms with van der Waals surface area (Å²) in [6.07, 6.45) is 8.64. The zero-order chi connectivity index (χ0) is 15.3. The maximum Gasteiger partial charge on any atom is 0.232 e. The molecule has 0 aromatic rings. The van der Waals surface area contributed by atoms with E-state index >= 15 is 0 Å². The third kappa shape index (κ3) is 3.25. The highest BCUT2D eigenvalue weighted by molar-refractivity contribution is 7.80. The maximum absolute atomic E-state index is 12.9. The molecule has 21 heavy (non-hydrogen) atoms. The quantitative estimate of drug-likeness (QED) is 0.730. The van der Waals surface area contributed by atoms with Gasteiger partial charge in [-0.25, -0.2) is 0 Å². The lowest BCUT2D eigenvalue weighted by Gasteiger charge is -2.47. The van der Waals surface area contributed by atoms with Crippen molar-refractivity contribution in [3.05, 3.63) is 0 Å². The lowest BCUT2D eigenvalue weighted by molar-refractivity contribution is -0.137. The molecule has 2 unspecified atom stereocenters. The topological polar surface area (TPSA) is 41.1 Å². The van der Waals surface area contributed by atoms with Gasteiger partial charge in [-0.15, -0.1) is 0 Å². The van der Waals surface area contributed by atoms with Crippen molar-refractivity contribution in [2.75, 3.05) is 0 Å². The van der Waals surface area contributed by atoms with Crippen molar-refractivity contribution >= 4 is 23.2 Å². The summed E-state index contributed by atoms with van der Waals surface area (Å²) in [6.45, 7) is 6.17. The van der Waals surface area contributed by atoms with Crippen molar-refractivity contribution < 1.29 is 4.79 Å². The molecule has 4 heteroatoms. The largest absolute Gasteiger partial charge is 0.358 e. The van der Waals surface area contributed by atoms with E-state index in [1.165, 1.54) is 25.7 Å². The van der Waals surface area contributed by atoms with E-state index in [-0.39, 0.29) is 16.9 Å². The van der Waals surface area contributed by atoms with Crippen LogP contribution in [0.4, 0.5) is 0 Å². The van der Waals surface area contributed by atoms with E-state index in [1.54, 1.807) is 0 Å². The lowest BCUT2D eigenvalue weighted by Crippen LogP contribution is -2.54. The Hall–Kier alpha value is -0.640. The van der Waals surface area contributed by atoms with Crippen LogP contribution in [0.3, 0.4) is 0 Å². The van der Waals surface area contributed by atoms with E-state index in [0.717, 1.165) is 37.0 Å². The van der Waals surface area contributed by atoms with Crippen LogP contribution in [-0.2, 0) is 4.79 Å². The molecule has 2 N–H and O–H groups in total. The summed E-state index contributed by atoms with van der Waals surface area (Å²) in [5, 5.41) is 6.69. The Balaban J connectivity index is 1.70. The Kier molecular flexibility index (Phi) is 3.79. The summed E-state index contributed by atoms with van der Waals surface area (Å²) in [6, 6.07) is 0. The lowest BCUT2D eigenvalue weighted by atomic mass is 9.58. The van der Waals surface area contributed by atoms with Crippen LogP contribution in [0.15, 0.2) is 0 Å². The molecule has 0 radical (unpaired) electrons. The van der Waals surface area contributed by atoms with Gasteiger partial charge in [0.1, 0.15) is 0 Å². The van der Waals surface area contributed by atoms with Crippen LogP contribution in [-0.4, -0.2) is 16.6 Å². The van der Waals surface area contributed by atoms with Gasteiger partial charge >= 0.3 is 0 Å². The average molecular weight is 308 g/mol. The van der Waals surface area contributed by atoms with Crippen LogP contribution in [0.1, 0.15) is 65.7 Å². The van der Waals surface area contributed by atoms with Gasteiger partial charge in [-0.1, -0.05) is 12.8 Å². The second kappa shape index (κ2) is 5.22. The molecule has 4 saturated carbocycles. The molecule has 4 atom stereocenters. The Labute approximate surface area is 133 Å². The molecule has 4 rings (SSSR count). The molecule has 0 saturated heterocycles. The van der Waals surface area contributed by atoms with Gasteiger partial charge in [0.05, 0.1) is 5.41 Å². The summed E-state index contributed by atoms with van der Waals surface area (Å²) in [7, 11) is 0. The number of hydrogen-bond donors (Lipinski definition) is 2. The first-order valence-corrected chi connectivity index (χ1v) is 8.80. The average Bonchev–Trinajstić information content (AvgIpc) is 2.53. The predicted molar refractivity (Wildman–Crippen MR) is 88.9 cm³/mol. The van der Waals surface area contributed by atoms with Crippen molar-refractivity contribution in [1.82, 2.24) is 10.6 Å². The van der Waals surface area contributed by atoms with Crippen LogP contribution in [0.2, 0.25) is 0 Å². The smallest absolute Gasteiger partial charge is 0.232 e. The predicted octanol–water partition coefficient (Wildman–Crippen LogP) is 3.38. The molecule has 0 heterocycles. The van der Waals surface area contributed by atoms with E-state index < -0.39 is 0 Å². The molecule has 4 bridgehead atoms. The van der Waals surface area contributed by atoms with Crippen molar-refractivity contribution in [3.63, 3.8) is 0 Å². The molecular formula is C17H28N2OS. The number of rotatable bonds is 1. The molecule has 4 aliphatic rings. The van der Waals surface area contributed by atoms with E-state index in [1.807, 2.05) is 0 Å². The highest BCUT2D eigenvalue weighted by atomic mass is 32.1.